The molecule has 2 nitrogen and oxygen atoms in total. The Kier molecular flexibility index (Phi) is 4.15. The molecule has 0 bridgehead atoms. The van der Waals surface area contributed by atoms with Gasteiger partial charge in [0.15, 0.2) is 0 Å². The Labute approximate surface area is 113 Å². The van der Waals surface area contributed by atoms with Crippen molar-refractivity contribution in [2.45, 2.75) is 33.6 Å². The number of hydrogen-bond donors (Lipinski definition) is 1. The van der Waals surface area contributed by atoms with Crippen LogP contribution in [0.3, 0.4) is 0 Å². The van der Waals surface area contributed by atoms with Crippen LogP contribution in [0.25, 0.3) is 0 Å². The zero-order chi connectivity index (χ0) is 13.1. The minimum Gasteiger partial charge on any atom is -0.330 e. The fourth-order valence-electron chi connectivity index (χ4n) is 2.34. The van der Waals surface area contributed by atoms with E-state index in [1.165, 1.54) is 27.9 Å². The summed E-state index contributed by atoms with van der Waals surface area (Å²) in [7, 11) is 0. The summed E-state index contributed by atoms with van der Waals surface area (Å²) in [5, 5.41) is 3.30. The first-order valence-corrected chi connectivity index (χ1v) is 7.18. The standard InChI is InChI=1S/C15H20N2S/c1-10-6-11(2)14(12(3)7-10)8-13-9-18-15(17-13)4-5-16/h6-7,9H,4-5,8,16H2,1-3H3. The summed E-state index contributed by atoms with van der Waals surface area (Å²) in [6.07, 6.45) is 1.82. The van der Waals surface area contributed by atoms with Crippen LogP contribution in [0.1, 0.15) is 33.0 Å². The van der Waals surface area contributed by atoms with Crippen molar-refractivity contribution in [3.63, 3.8) is 0 Å². The van der Waals surface area contributed by atoms with Crippen molar-refractivity contribution in [2.24, 2.45) is 5.73 Å². The van der Waals surface area contributed by atoms with Crippen molar-refractivity contribution in [2.75, 3.05) is 6.54 Å². The second-order valence-corrected chi connectivity index (χ2v) is 5.77. The van der Waals surface area contributed by atoms with Gasteiger partial charge in [-0.15, -0.1) is 11.3 Å². The lowest BCUT2D eigenvalue weighted by Gasteiger charge is -2.09. The van der Waals surface area contributed by atoms with Gasteiger partial charge in [0.2, 0.25) is 0 Å². The van der Waals surface area contributed by atoms with E-state index in [0.717, 1.165) is 17.8 Å². The average molecular weight is 260 g/mol. The Morgan fingerprint density at radius 3 is 2.44 bits per heavy atom. The lowest BCUT2D eigenvalue weighted by molar-refractivity contribution is 0.933. The Morgan fingerprint density at radius 1 is 1.17 bits per heavy atom. The minimum absolute atomic E-state index is 0.676. The molecular weight excluding hydrogens is 240 g/mol. The van der Waals surface area contributed by atoms with Gasteiger partial charge in [-0.25, -0.2) is 4.98 Å². The van der Waals surface area contributed by atoms with Crippen LogP contribution in [-0.4, -0.2) is 11.5 Å². The predicted molar refractivity (Wildman–Crippen MR) is 78.3 cm³/mol. The highest BCUT2D eigenvalue weighted by Crippen LogP contribution is 2.21. The van der Waals surface area contributed by atoms with E-state index in [9.17, 15) is 0 Å². The molecule has 0 fully saturated rings. The molecule has 3 heteroatoms. The SMILES string of the molecule is Cc1cc(C)c(Cc2csc(CCN)n2)c(C)c1. The van der Waals surface area contributed by atoms with Crippen molar-refractivity contribution in [3.8, 4) is 0 Å². The fourth-order valence-corrected chi connectivity index (χ4v) is 3.15. The monoisotopic (exact) mass is 260 g/mol. The van der Waals surface area contributed by atoms with Crippen LogP contribution in [0, 0.1) is 20.8 Å². The Bertz CT molecular complexity index is 520. The summed E-state index contributed by atoms with van der Waals surface area (Å²) in [6.45, 7) is 7.19. The molecule has 1 aromatic heterocycles. The Balaban J connectivity index is 2.22. The number of nitrogens with zero attached hydrogens (tertiary/aromatic N) is 1. The number of nitrogens with two attached hydrogens (primary N) is 1. The number of rotatable bonds is 4. The second-order valence-electron chi connectivity index (χ2n) is 4.83. The van der Waals surface area contributed by atoms with Crippen molar-refractivity contribution >= 4 is 11.3 Å². The highest BCUT2D eigenvalue weighted by molar-refractivity contribution is 7.09. The maximum absolute atomic E-state index is 5.55. The van der Waals surface area contributed by atoms with Crippen molar-refractivity contribution in [3.05, 3.63) is 50.5 Å². The molecule has 2 rings (SSSR count). The number of aryl methyl sites for hydroxylation is 3. The summed E-state index contributed by atoms with van der Waals surface area (Å²) >= 11 is 1.72. The molecule has 18 heavy (non-hydrogen) atoms. The van der Waals surface area contributed by atoms with E-state index in [0.29, 0.717) is 6.54 Å². The first-order chi connectivity index (χ1) is 8.60. The number of hydrogen-bond acceptors (Lipinski definition) is 3. The van der Waals surface area contributed by atoms with E-state index in [1.54, 1.807) is 11.3 Å². The van der Waals surface area contributed by atoms with Gasteiger partial charge in [-0.05, 0) is 44.0 Å². The van der Waals surface area contributed by atoms with Crippen LogP contribution in [0.4, 0.5) is 0 Å². The first-order valence-electron chi connectivity index (χ1n) is 6.30. The molecule has 0 atom stereocenters. The predicted octanol–water partition coefficient (Wildman–Crippen LogP) is 3.16. The van der Waals surface area contributed by atoms with Crippen molar-refractivity contribution < 1.29 is 0 Å². The summed E-state index contributed by atoms with van der Waals surface area (Å²) in [6, 6.07) is 4.49. The van der Waals surface area contributed by atoms with Gasteiger partial charge < -0.3 is 5.73 Å². The normalized spacial score (nSPS) is 10.9. The summed E-state index contributed by atoms with van der Waals surface area (Å²) in [5.74, 6) is 0. The maximum Gasteiger partial charge on any atom is 0.0940 e. The lowest BCUT2D eigenvalue weighted by Crippen LogP contribution is -2.02. The molecule has 2 aromatic rings. The zero-order valence-electron chi connectivity index (χ0n) is 11.3. The van der Waals surface area contributed by atoms with Crippen LogP contribution in [0.2, 0.25) is 0 Å². The third-order valence-corrected chi connectivity index (χ3v) is 4.11. The molecule has 0 saturated heterocycles. The molecule has 1 heterocycles. The minimum atomic E-state index is 0.676. The summed E-state index contributed by atoms with van der Waals surface area (Å²) in [4.78, 5) is 4.64. The van der Waals surface area contributed by atoms with E-state index in [1.807, 2.05) is 0 Å². The van der Waals surface area contributed by atoms with Gasteiger partial charge in [-0.1, -0.05) is 17.7 Å². The summed E-state index contributed by atoms with van der Waals surface area (Å²) < 4.78 is 0. The van der Waals surface area contributed by atoms with Gasteiger partial charge in [0, 0.05) is 18.2 Å². The van der Waals surface area contributed by atoms with Crippen LogP contribution < -0.4 is 5.73 Å². The molecule has 0 saturated carbocycles. The van der Waals surface area contributed by atoms with Crippen molar-refractivity contribution in [1.82, 2.24) is 4.98 Å². The molecule has 2 N–H and O–H groups in total. The van der Waals surface area contributed by atoms with E-state index < -0.39 is 0 Å². The molecule has 0 radical (unpaired) electrons. The first kappa shape index (κ1) is 13.2. The Morgan fingerprint density at radius 2 is 1.83 bits per heavy atom. The number of aromatic nitrogens is 1. The van der Waals surface area contributed by atoms with E-state index in [2.05, 4.69) is 43.3 Å². The zero-order valence-corrected chi connectivity index (χ0v) is 12.1. The number of benzene rings is 1. The fraction of sp³-hybridized carbons (Fsp3) is 0.400. The molecular formula is C15H20N2S. The molecule has 0 aliphatic heterocycles. The molecule has 0 unspecified atom stereocenters. The Hall–Kier alpha value is -1.19. The van der Waals surface area contributed by atoms with Crippen LogP contribution in [0.15, 0.2) is 17.5 Å². The van der Waals surface area contributed by atoms with Gasteiger partial charge in [0.25, 0.3) is 0 Å². The van der Waals surface area contributed by atoms with E-state index in [4.69, 9.17) is 5.73 Å². The van der Waals surface area contributed by atoms with Gasteiger partial charge in [0.1, 0.15) is 0 Å². The second kappa shape index (κ2) is 5.63. The lowest BCUT2D eigenvalue weighted by atomic mass is 9.96. The van der Waals surface area contributed by atoms with Gasteiger partial charge in [-0.3, -0.25) is 0 Å². The van der Waals surface area contributed by atoms with Gasteiger partial charge >= 0.3 is 0 Å². The smallest absolute Gasteiger partial charge is 0.0940 e. The van der Waals surface area contributed by atoms with Crippen LogP contribution >= 0.6 is 11.3 Å². The van der Waals surface area contributed by atoms with Crippen LogP contribution in [-0.2, 0) is 12.8 Å². The van der Waals surface area contributed by atoms with E-state index in [-0.39, 0.29) is 0 Å². The van der Waals surface area contributed by atoms with Gasteiger partial charge in [0.05, 0.1) is 10.7 Å². The molecule has 1 aromatic carbocycles. The van der Waals surface area contributed by atoms with Gasteiger partial charge in [-0.2, -0.15) is 0 Å². The number of thiazole rings is 1. The highest BCUT2D eigenvalue weighted by atomic mass is 32.1. The van der Waals surface area contributed by atoms with E-state index >= 15 is 0 Å². The largest absolute Gasteiger partial charge is 0.330 e. The highest BCUT2D eigenvalue weighted by Gasteiger charge is 2.08. The van der Waals surface area contributed by atoms with Crippen molar-refractivity contribution in [1.29, 1.82) is 0 Å². The maximum atomic E-state index is 5.55. The third kappa shape index (κ3) is 2.98. The average Bonchev–Trinajstić information content (AvgIpc) is 2.72. The molecule has 0 aliphatic rings. The molecule has 96 valence electrons. The third-order valence-electron chi connectivity index (χ3n) is 3.16. The quantitative estimate of drug-likeness (QED) is 0.917. The molecule has 0 spiro atoms. The summed E-state index contributed by atoms with van der Waals surface area (Å²) in [5.41, 5.74) is 12.2. The van der Waals surface area contributed by atoms with Crippen LogP contribution in [0.5, 0.6) is 0 Å². The topological polar surface area (TPSA) is 38.9 Å². The molecule has 0 aliphatic carbocycles. The molecule has 0 amide bonds.